The Balaban J connectivity index is 1.53. The number of nitrogens with one attached hydrogen (secondary N) is 2. The van der Waals surface area contributed by atoms with Crippen LogP contribution in [0.4, 0.5) is 15.5 Å². The van der Waals surface area contributed by atoms with Crippen LogP contribution in [-0.2, 0) is 7.05 Å². The maximum Gasteiger partial charge on any atom is 0.270 e. The fraction of sp³-hybridized carbons (Fsp3) is 0.136. The van der Waals surface area contributed by atoms with E-state index in [0.29, 0.717) is 22.3 Å². The van der Waals surface area contributed by atoms with Crippen LogP contribution in [0.2, 0.25) is 0 Å². The normalized spacial score (nSPS) is 10.8. The second kappa shape index (κ2) is 9.67. The number of benzene rings is 2. The molecule has 0 unspecified atom stereocenters. The molecule has 4 aromatic rings. The zero-order valence-corrected chi connectivity index (χ0v) is 17.9. The van der Waals surface area contributed by atoms with Crippen LogP contribution >= 0.6 is 12.1 Å². The number of fused-ring (bicyclic) bond motifs is 1. The molecule has 1 amide bonds. The second-order valence-electron chi connectivity index (χ2n) is 6.83. The first-order chi connectivity index (χ1) is 15.6. The van der Waals surface area contributed by atoms with E-state index in [4.69, 9.17) is 9.84 Å². The summed E-state index contributed by atoms with van der Waals surface area (Å²) in [6, 6.07) is 15.6. The third-order valence-corrected chi connectivity index (χ3v) is 5.10. The molecular formula is C22H20FN5O3S. The Kier molecular flexibility index (Phi) is 6.52. The second-order valence-corrected chi connectivity index (χ2v) is 7.46. The van der Waals surface area contributed by atoms with Crippen LogP contribution in [0.1, 0.15) is 10.5 Å². The molecule has 0 fully saturated rings. The highest BCUT2D eigenvalue weighted by Gasteiger charge is 2.11. The highest BCUT2D eigenvalue weighted by Crippen LogP contribution is 2.29. The van der Waals surface area contributed by atoms with Gasteiger partial charge in [0, 0.05) is 42.5 Å². The summed E-state index contributed by atoms with van der Waals surface area (Å²) in [4.78, 5) is 21.2. The van der Waals surface area contributed by atoms with Crippen LogP contribution in [0.25, 0.3) is 11.0 Å². The molecule has 0 aliphatic heterocycles. The minimum Gasteiger partial charge on any atom is -0.457 e. The number of anilines is 2. The average Bonchev–Trinajstić information content (AvgIpc) is 3.12. The number of pyridine rings is 1. The topological polar surface area (TPSA) is 101 Å². The molecule has 164 valence electrons. The van der Waals surface area contributed by atoms with Gasteiger partial charge in [-0.25, -0.2) is 4.98 Å². The van der Waals surface area contributed by atoms with E-state index in [1.54, 1.807) is 36.4 Å². The van der Waals surface area contributed by atoms with Gasteiger partial charge in [0.25, 0.3) is 5.91 Å². The minimum atomic E-state index is -0.390. The van der Waals surface area contributed by atoms with Crippen molar-refractivity contribution >= 4 is 40.7 Å². The highest BCUT2D eigenvalue weighted by atomic mass is 32.2. The summed E-state index contributed by atoms with van der Waals surface area (Å²) in [5.41, 5.74) is 2.60. The molecule has 2 aromatic heterocycles. The summed E-state index contributed by atoms with van der Waals surface area (Å²) in [5.74, 6) is 1.25. The van der Waals surface area contributed by atoms with Gasteiger partial charge in [-0.05, 0) is 42.5 Å². The summed E-state index contributed by atoms with van der Waals surface area (Å²) < 4.78 is 20.4. The molecule has 0 aliphatic rings. The van der Waals surface area contributed by atoms with E-state index < -0.39 is 5.91 Å². The lowest BCUT2D eigenvalue weighted by Crippen LogP contribution is -2.27. The molecule has 2 aromatic carbocycles. The number of hydrogen-bond donors (Lipinski definition) is 3. The number of ether oxygens (including phenoxy) is 1. The van der Waals surface area contributed by atoms with E-state index in [0.717, 1.165) is 16.7 Å². The van der Waals surface area contributed by atoms with E-state index in [1.807, 2.05) is 23.7 Å². The molecule has 32 heavy (non-hydrogen) atoms. The van der Waals surface area contributed by atoms with Gasteiger partial charge in [0.05, 0.1) is 29.8 Å². The molecule has 0 bridgehead atoms. The number of aliphatic hydroxyl groups excluding tert-OH is 1. The van der Waals surface area contributed by atoms with Crippen LogP contribution in [0.15, 0.2) is 65.7 Å². The number of amides is 1. The van der Waals surface area contributed by atoms with Crippen molar-refractivity contribution in [3.8, 4) is 11.5 Å². The lowest BCUT2D eigenvalue weighted by molar-refractivity contribution is 0.0939. The van der Waals surface area contributed by atoms with Gasteiger partial charge in [0.2, 0.25) is 5.95 Å². The Hall–Kier alpha value is -3.63. The predicted molar refractivity (Wildman–Crippen MR) is 121 cm³/mol. The van der Waals surface area contributed by atoms with Crippen molar-refractivity contribution in [2.24, 2.45) is 7.05 Å². The highest BCUT2D eigenvalue weighted by molar-refractivity contribution is 7.94. The number of rotatable bonds is 8. The predicted octanol–water partition coefficient (Wildman–Crippen LogP) is 4.20. The first-order valence-corrected chi connectivity index (χ1v) is 10.4. The first kappa shape index (κ1) is 21.6. The number of aromatic nitrogens is 3. The number of hydrogen-bond acceptors (Lipinski definition) is 7. The summed E-state index contributed by atoms with van der Waals surface area (Å²) in [5, 5.41) is 14.6. The van der Waals surface area contributed by atoms with Gasteiger partial charge in [-0.1, -0.05) is 0 Å². The average molecular weight is 453 g/mol. The van der Waals surface area contributed by atoms with Crippen molar-refractivity contribution in [1.29, 1.82) is 0 Å². The van der Waals surface area contributed by atoms with E-state index in [-0.39, 0.29) is 31.0 Å². The van der Waals surface area contributed by atoms with E-state index >= 15 is 0 Å². The van der Waals surface area contributed by atoms with Crippen molar-refractivity contribution in [2.45, 2.75) is 4.90 Å². The number of carbonyl (C=O) groups excluding carboxylic acids is 1. The number of nitrogens with zero attached hydrogens (tertiary/aromatic N) is 3. The van der Waals surface area contributed by atoms with E-state index in [9.17, 15) is 8.68 Å². The molecule has 0 saturated carbocycles. The number of aryl methyl sites for hydroxylation is 1. The van der Waals surface area contributed by atoms with Crippen LogP contribution in [0, 0.1) is 0 Å². The molecular weight excluding hydrogens is 433 g/mol. The molecule has 4 rings (SSSR count). The molecule has 0 aliphatic carbocycles. The van der Waals surface area contributed by atoms with E-state index in [1.165, 1.54) is 12.3 Å². The Labute approximate surface area is 187 Å². The molecule has 0 spiro atoms. The maximum atomic E-state index is 12.6. The van der Waals surface area contributed by atoms with Gasteiger partial charge in [-0.3, -0.25) is 9.78 Å². The Bertz CT molecular complexity index is 1250. The Morgan fingerprint density at radius 1 is 1.16 bits per heavy atom. The Morgan fingerprint density at radius 3 is 2.69 bits per heavy atom. The third kappa shape index (κ3) is 4.82. The van der Waals surface area contributed by atoms with E-state index in [2.05, 4.69) is 20.6 Å². The maximum absolute atomic E-state index is 12.6. The lowest BCUT2D eigenvalue weighted by Gasteiger charge is -2.08. The van der Waals surface area contributed by atoms with Crippen molar-refractivity contribution in [2.75, 3.05) is 18.5 Å². The zero-order chi connectivity index (χ0) is 22.5. The van der Waals surface area contributed by atoms with Crippen molar-refractivity contribution in [3.05, 3.63) is 66.5 Å². The zero-order valence-electron chi connectivity index (χ0n) is 17.1. The molecule has 2 heterocycles. The minimum absolute atomic E-state index is 0.148. The number of carbonyl (C=O) groups is 1. The van der Waals surface area contributed by atoms with Crippen LogP contribution in [-0.4, -0.2) is 38.7 Å². The monoisotopic (exact) mass is 453 g/mol. The standard InChI is InChI=1S/C22H20FN5O3S/c1-28-20-7-4-15(31-16-8-9-24-19(13-16)21(30)25-10-11-29)12-18(20)27-22(28)26-14-2-5-17(32-23)6-3-14/h2-9,12-13,29H,10-11H2,1H3,(H,25,30)(H,26,27). The molecule has 3 N–H and O–H groups in total. The fourth-order valence-electron chi connectivity index (χ4n) is 3.07. The molecule has 10 heteroatoms. The SMILES string of the molecule is Cn1c(Nc2ccc(SF)cc2)nc2cc(Oc3ccnc(C(=O)NCCO)c3)ccc21. The van der Waals surface area contributed by atoms with Crippen LogP contribution < -0.4 is 15.4 Å². The van der Waals surface area contributed by atoms with Crippen molar-refractivity contribution in [1.82, 2.24) is 19.9 Å². The third-order valence-electron chi connectivity index (χ3n) is 4.65. The number of imidazole rings is 1. The largest absolute Gasteiger partial charge is 0.457 e. The summed E-state index contributed by atoms with van der Waals surface area (Å²) in [6.07, 6.45) is 1.48. The number of aliphatic hydroxyl groups is 1. The smallest absolute Gasteiger partial charge is 0.270 e. The van der Waals surface area contributed by atoms with Crippen molar-refractivity contribution in [3.63, 3.8) is 0 Å². The van der Waals surface area contributed by atoms with Gasteiger partial charge in [-0.15, -0.1) is 0 Å². The fourth-order valence-corrected chi connectivity index (χ4v) is 3.31. The van der Waals surface area contributed by atoms with Gasteiger partial charge in [-0.2, -0.15) is 3.89 Å². The van der Waals surface area contributed by atoms with Crippen LogP contribution in [0.5, 0.6) is 11.5 Å². The summed E-state index contributed by atoms with van der Waals surface area (Å²) in [6.45, 7) is 0.00212. The molecule has 0 saturated heterocycles. The van der Waals surface area contributed by atoms with Gasteiger partial charge in [0.15, 0.2) is 0 Å². The lowest BCUT2D eigenvalue weighted by atomic mass is 10.3. The molecule has 8 nitrogen and oxygen atoms in total. The first-order valence-electron chi connectivity index (χ1n) is 9.72. The van der Waals surface area contributed by atoms with Gasteiger partial charge < -0.3 is 25.0 Å². The summed E-state index contributed by atoms with van der Waals surface area (Å²) in [7, 11) is 1.89. The number of halogens is 1. The Morgan fingerprint density at radius 2 is 1.94 bits per heavy atom. The van der Waals surface area contributed by atoms with Gasteiger partial charge in [0.1, 0.15) is 17.2 Å². The van der Waals surface area contributed by atoms with Gasteiger partial charge >= 0.3 is 0 Å². The summed E-state index contributed by atoms with van der Waals surface area (Å²) >= 11 is 0.200. The quantitative estimate of drug-likeness (QED) is 0.367. The van der Waals surface area contributed by atoms with Crippen molar-refractivity contribution < 1.29 is 18.5 Å². The van der Waals surface area contributed by atoms with Crippen LogP contribution in [0.3, 0.4) is 0 Å². The molecule has 0 atom stereocenters. The molecule has 0 radical (unpaired) electrons.